The van der Waals surface area contributed by atoms with Crippen molar-refractivity contribution in [3.05, 3.63) is 0 Å². The molecule has 0 aliphatic rings. The Hall–Kier alpha value is -0.220. The molecule has 0 spiro atoms. The fraction of sp³-hybridized carbons (Fsp3) is 0.909. The Labute approximate surface area is 97.2 Å². The summed E-state index contributed by atoms with van der Waals surface area (Å²) in [5, 5.41) is 8.73. The van der Waals surface area contributed by atoms with Crippen LogP contribution in [0.25, 0.3) is 0 Å². The predicted molar refractivity (Wildman–Crippen MR) is 66.6 cm³/mol. The Bertz CT molecular complexity index is 172. The van der Waals surface area contributed by atoms with E-state index in [4.69, 9.17) is 5.11 Å². The van der Waals surface area contributed by atoms with Crippen molar-refractivity contribution in [1.29, 1.82) is 0 Å². The maximum absolute atomic E-state index is 10.9. The standard InChI is InChI=1S/C11H23NO2S/c1-4-7-10(11(13)14)15-9-8-12(5-2)6-3/h10H,4-9H2,1-3H3,(H,13,14). The molecule has 0 heterocycles. The highest BCUT2D eigenvalue weighted by Gasteiger charge is 2.16. The molecule has 3 nitrogen and oxygen atoms in total. The van der Waals surface area contributed by atoms with E-state index in [1.165, 1.54) is 0 Å². The molecule has 0 rings (SSSR count). The second kappa shape index (κ2) is 9.04. The van der Waals surface area contributed by atoms with E-state index in [-0.39, 0.29) is 5.25 Å². The highest BCUT2D eigenvalue weighted by molar-refractivity contribution is 8.00. The fourth-order valence-corrected chi connectivity index (χ4v) is 2.60. The van der Waals surface area contributed by atoms with Gasteiger partial charge in [-0.1, -0.05) is 27.2 Å². The van der Waals surface area contributed by atoms with Gasteiger partial charge >= 0.3 is 5.97 Å². The zero-order chi connectivity index (χ0) is 11.7. The van der Waals surface area contributed by atoms with Crippen molar-refractivity contribution < 1.29 is 9.90 Å². The lowest BCUT2D eigenvalue weighted by atomic mass is 10.2. The van der Waals surface area contributed by atoms with E-state index in [1.807, 2.05) is 6.92 Å². The predicted octanol–water partition coefficient (Wildman–Crippen LogP) is 2.31. The van der Waals surface area contributed by atoms with E-state index in [9.17, 15) is 4.79 Å². The molecule has 0 aromatic carbocycles. The Morgan fingerprint density at radius 2 is 1.93 bits per heavy atom. The first-order valence-electron chi connectivity index (χ1n) is 5.72. The van der Waals surface area contributed by atoms with Gasteiger partial charge in [0.05, 0.1) is 0 Å². The molecule has 90 valence electrons. The van der Waals surface area contributed by atoms with Gasteiger partial charge in [0.2, 0.25) is 0 Å². The van der Waals surface area contributed by atoms with Crippen LogP contribution in [-0.4, -0.2) is 46.6 Å². The summed E-state index contributed by atoms with van der Waals surface area (Å²) >= 11 is 1.57. The molecule has 0 aliphatic carbocycles. The molecule has 1 atom stereocenters. The topological polar surface area (TPSA) is 40.5 Å². The van der Waals surface area contributed by atoms with Gasteiger partial charge in [-0.15, -0.1) is 11.8 Å². The second-order valence-corrected chi connectivity index (χ2v) is 4.82. The van der Waals surface area contributed by atoms with Crippen molar-refractivity contribution in [1.82, 2.24) is 4.90 Å². The third-order valence-electron chi connectivity index (χ3n) is 2.45. The van der Waals surface area contributed by atoms with E-state index in [0.29, 0.717) is 0 Å². The molecular weight excluding hydrogens is 210 g/mol. The molecule has 0 saturated heterocycles. The molecule has 0 saturated carbocycles. The molecule has 0 aliphatic heterocycles. The van der Waals surface area contributed by atoms with E-state index >= 15 is 0 Å². The number of hydrogen-bond donors (Lipinski definition) is 1. The highest BCUT2D eigenvalue weighted by atomic mass is 32.2. The molecular formula is C11H23NO2S. The van der Waals surface area contributed by atoms with Crippen molar-refractivity contribution >= 4 is 17.7 Å². The number of carboxylic acids is 1. The molecule has 0 aromatic heterocycles. The highest BCUT2D eigenvalue weighted by Crippen LogP contribution is 2.16. The van der Waals surface area contributed by atoms with Crippen LogP contribution in [0, 0.1) is 0 Å². The molecule has 0 aromatic rings. The van der Waals surface area contributed by atoms with Crippen LogP contribution < -0.4 is 0 Å². The summed E-state index contributed by atoms with van der Waals surface area (Å²) in [4.78, 5) is 13.2. The van der Waals surface area contributed by atoms with Crippen LogP contribution in [0.4, 0.5) is 0 Å². The third kappa shape index (κ3) is 6.79. The summed E-state index contributed by atoms with van der Waals surface area (Å²) in [6.07, 6.45) is 1.72. The minimum absolute atomic E-state index is 0.217. The molecule has 15 heavy (non-hydrogen) atoms. The van der Waals surface area contributed by atoms with Crippen molar-refractivity contribution in [2.45, 2.75) is 38.9 Å². The van der Waals surface area contributed by atoms with E-state index in [2.05, 4.69) is 18.7 Å². The Kier molecular flexibility index (Phi) is 8.91. The number of carbonyl (C=O) groups is 1. The first kappa shape index (κ1) is 14.8. The Morgan fingerprint density at radius 1 is 1.33 bits per heavy atom. The summed E-state index contributed by atoms with van der Waals surface area (Å²) in [5.74, 6) is 0.250. The number of nitrogens with zero attached hydrogens (tertiary/aromatic N) is 1. The SMILES string of the molecule is CCCC(SCCN(CC)CC)C(=O)O. The smallest absolute Gasteiger partial charge is 0.316 e. The molecule has 0 fully saturated rings. The van der Waals surface area contributed by atoms with Crippen LogP contribution in [0.3, 0.4) is 0 Å². The van der Waals surface area contributed by atoms with Gasteiger partial charge in [0.25, 0.3) is 0 Å². The van der Waals surface area contributed by atoms with E-state index < -0.39 is 5.97 Å². The van der Waals surface area contributed by atoms with Gasteiger partial charge in [0.1, 0.15) is 5.25 Å². The maximum Gasteiger partial charge on any atom is 0.316 e. The lowest BCUT2D eigenvalue weighted by Crippen LogP contribution is -2.27. The number of aliphatic carboxylic acids is 1. The van der Waals surface area contributed by atoms with E-state index in [0.717, 1.165) is 38.2 Å². The molecule has 1 unspecified atom stereocenters. The summed E-state index contributed by atoms with van der Waals surface area (Å²) in [6.45, 7) is 9.38. The van der Waals surface area contributed by atoms with Gasteiger partial charge in [-0.05, 0) is 19.5 Å². The molecule has 4 heteroatoms. The molecule has 0 amide bonds. The van der Waals surface area contributed by atoms with Gasteiger partial charge in [0.15, 0.2) is 0 Å². The number of thioether (sulfide) groups is 1. The average molecular weight is 233 g/mol. The van der Waals surface area contributed by atoms with Gasteiger partial charge < -0.3 is 10.0 Å². The van der Waals surface area contributed by atoms with Gasteiger partial charge in [-0.3, -0.25) is 4.79 Å². The molecule has 0 radical (unpaired) electrons. The second-order valence-electron chi connectivity index (χ2n) is 3.51. The Morgan fingerprint density at radius 3 is 2.33 bits per heavy atom. The van der Waals surface area contributed by atoms with E-state index in [1.54, 1.807) is 11.8 Å². The van der Waals surface area contributed by atoms with Crippen LogP contribution in [-0.2, 0) is 4.79 Å². The summed E-state index contributed by atoms with van der Waals surface area (Å²) in [6, 6.07) is 0. The average Bonchev–Trinajstić information content (AvgIpc) is 2.22. The number of rotatable bonds is 9. The maximum atomic E-state index is 10.9. The molecule has 0 bridgehead atoms. The number of carboxylic acid groups (broad SMARTS) is 1. The quantitative estimate of drug-likeness (QED) is 0.663. The minimum Gasteiger partial charge on any atom is -0.480 e. The van der Waals surface area contributed by atoms with Crippen molar-refractivity contribution in [3.8, 4) is 0 Å². The first-order valence-corrected chi connectivity index (χ1v) is 6.77. The third-order valence-corrected chi connectivity index (χ3v) is 3.71. The zero-order valence-corrected chi connectivity index (χ0v) is 10.8. The monoisotopic (exact) mass is 233 g/mol. The van der Waals surface area contributed by atoms with Crippen molar-refractivity contribution in [2.24, 2.45) is 0 Å². The van der Waals surface area contributed by atoms with Crippen LogP contribution in [0.5, 0.6) is 0 Å². The lowest BCUT2D eigenvalue weighted by molar-refractivity contribution is -0.136. The van der Waals surface area contributed by atoms with Crippen LogP contribution >= 0.6 is 11.8 Å². The minimum atomic E-state index is -0.665. The van der Waals surface area contributed by atoms with Crippen molar-refractivity contribution in [3.63, 3.8) is 0 Å². The molecule has 1 N–H and O–H groups in total. The largest absolute Gasteiger partial charge is 0.480 e. The number of hydrogen-bond acceptors (Lipinski definition) is 3. The van der Waals surface area contributed by atoms with Gasteiger partial charge in [0, 0.05) is 12.3 Å². The van der Waals surface area contributed by atoms with Gasteiger partial charge in [-0.25, -0.2) is 0 Å². The lowest BCUT2D eigenvalue weighted by Gasteiger charge is -2.18. The van der Waals surface area contributed by atoms with Crippen LogP contribution in [0.2, 0.25) is 0 Å². The first-order chi connectivity index (χ1) is 7.15. The summed E-state index contributed by atoms with van der Waals surface area (Å²) in [7, 11) is 0. The van der Waals surface area contributed by atoms with Crippen LogP contribution in [0.15, 0.2) is 0 Å². The van der Waals surface area contributed by atoms with Crippen LogP contribution in [0.1, 0.15) is 33.6 Å². The fourth-order valence-electron chi connectivity index (χ4n) is 1.40. The zero-order valence-electron chi connectivity index (χ0n) is 10.0. The summed E-state index contributed by atoms with van der Waals surface area (Å²) < 4.78 is 0. The summed E-state index contributed by atoms with van der Waals surface area (Å²) in [5.41, 5.74) is 0. The Balaban J connectivity index is 3.74. The van der Waals surface area contributed by atoms with Crippen molar-refractivity contribution in [2.75, 3.05) is 25.4 Å². The van der Waals surface area contributed by atoms with Gasteiger partial charge in [-0.2, -0.15) is 0 Å². The normalized spacial score (nSPS) is 13.1.